The minimum absolute atomic E-state index is 0.886. The zero-order chi connectivity index (χ0) is 11.4. The molecule has 0 atom stereocenters. The van der Waals surface area contributed by atoms with E-state index in [9.17, 15) is 0 Å². The maximum atomic E-state index is 6.02. The van der Waals surface area contributed by atoms with Crippen molar-refractivity contribution in [2.45, 2.75) is 33.6 Å². The van der Waals surface area contributed by atoms with Crippen molar-refractivity contribution in [2.24, 2.45) is 0 Å². The number of nitrogen functional groups attached to an aromatic ring is 1. The molecule has 2 heteroatoms. The predicted molar refractivity (Wildman–Crippen MR) is 68.5 cm³/mol. The maximum absolute atomic E-state index is 6.02. The average Bonchev–Trinajstić information content (AvgIpc) is 2.20. The summed E-state index contributed by atoms with van der Waals surface area (Å²) >= 11 is 0. The highest BCUT2D eigenvalue weighted by Crippen LogP contribution is 2.26. The summed E-state index contributed by atoms with van der Waals surface area (Å²) in [5, 5.41) is 0. The SMILES string of the molecule is CCCCN(C)c1cc(C)c(C)cc1N. The summed E-state index contributed by atoms with van der Waals surface area (Å²) in [4.78, 5) is 2.24. The summed E-state index contributed by atoms with van der Waals surface area (Å²) in [7, 11) is 2.11. The van der Waals surface area contributed by atoms with E-state index in [2.05, 4.69) is 44.9 Å². The lowest BCUT2D eigenvalue weighted by Gasteiger charge is -2.22. The molecule has 0 radical (unpaired) electrons. The van der Waals surface area contributed by atoms with Gasteiger partial charge >= 0.3 is 0 Å². The van der Waals surface area contributed by atoms with Crippen LogP contribution in [0, 0.1) is 13.8 Å². The molecular weight excluding hydrogens is 184 g/mol. The summed E-state index contributed by atoms with van der Waals surface area (Å²) in [6.07, 6.45) is 2.43. The molecule has 2 nitrogen and oxygen atoms in total. The normalized spacial score (nSPS) is 10.4. The zero-order valence-electron chi connectivity index (χ0n) is 10.3. The monoisotopic (exact) mass is 206 g/mol. The lowest BCUT2D eigenvalue weighted by molar-refractivity contribution is 0.767. The Balaban J connectivity index is 2.88. The Morgan fingerprint density at radius 3 is 2.40 bits per heavy atom. The molecule has 0 fully saturated rings. The highest BCUT2D eigenvalue weighted by atomic mass is 15.1. The number of hydrogen-bond acceptors (Lipinski definition) is 2. The molecule has 2 N–H and O–H groups in total. The largest absolute Gasteiger partial charge is 0.397 e. The van der Waals surface area contributed by atoms with Crippen LogP contribution in [0.2, 0.25) is 0 Å². The van der Waals surface area contributed by atoms with E-state index < -0.39 is 0 Å². The quantitative estimate of drug-likeness (QED) is 0.767. The molecular formula is C13H22N2. The summed E-state index contributed by atoms with van der Waals surface area (Å²) < 4.78 is 0. The Hall–Kier alpha value is -1.18. The van der Waals surface area contributed by atoms with Crippen LogP contribution in [0.25, 0.3) is 0 Å². The summed E-state index contributed by atoms with van der Waals surface area (Å²) in [5.41, 5.74) is 10.6. The highest BCUT2D eigenvalue weighted by Gasteiger charge is 2.06. The van der Waals surface area contributed by atoms with Crippen LogP contribution in [0.1, 0.15) is 30.9 Å². The smallest absolute Gasteiger partial charge is 0.0600 e. The van der Waals surface area contributed by atoms with E-state index in [1.54, 1.807) is 0 Å². The molecule has 0 saturated carbocycles. The van der Waals surface area contributed by atoms with Gasteiger partial charge in [0.25, 0.3) is 0 Å². The number of aryl methyl sites for hydroxylation is 2. The van der Waals surface area contributed by atoms with Crippen LogP contribution >= 0.6 is 0 Å². The first-order valence-corrected chi connectivity index (χ1v) is 5.64. The summed E-state index contributed by atoms with van der Waals surface area (Å²) in [6.45, 7) is 7.51. The fraction of sp³-hybridized carbons (Fsp3) is 0.538. The van der Waals surface area contributed by atoms with Gasteiger partial charge in [-0.1, -0.05) is 13.3 Å². The van der Waals surface area contributed by atoms with E-state index in [1.165, 1.54) is 24.0 Å². The fourth-order valence-corrected chi connectivity index (χ4v) is 1.67. The van der Waals surface area contributed by atoms with E-state index >= 15 is 0 Å². The number of anilines is 2. The topological polar surface area (TPSA) is 29.3 Å². The van der Waals surface area contributed by atoms with Crippen LogP contribution in [0.3, 0.4) is 0 Å². The Kier molecular flexibility index (Phi) is 4.01. The van der Waals surface area contributed by atoms with Crippen molar-refractivity contribution in [3.8, 4) is 0 Å². The molecule has 1 aromatic carbocycles. The van der Waals surface area contributed by atoms with Gasteiger partial charge in [0.05, 0.1) is 11.4 Å². The third-order valence-corrected chi connectivity index (χ3v) is 2.90. The second kappa shape index (κ2) is 5.06. The molecule has 0 saturated heterocycles. The van der Waals surface area contributed by atoms with Crippen molar-refractivity contribution >= 4 is 11.4 Å². The maximum Gasteiger partial charge on any atom is 0.0600 e. The third kappa shape index (κ3) is 2.88. The molecule has 1 rings (SSSR count). The van der Waals surface area contributed by atoms with Gasteiger partial charge in [-0.25, -0.2) is 0 Å². The molecule has 84 valence electrons. The molecule has 0 aromatic heterocycles. The average molecular weight is 206 g/mol. The summed E-state index contributed by atoms with van der Waals surface area (Å²) in [6, 6.07) is 4.24. The molecule has 0 heterocycles. The van der Waals surface area contributed by atoms with E-state index in [0.29, 0.717) is 0 Å². The van der Waals surface area contributed by atoms with Gasteiger partial charge in [0, 0.05) is 13.6 Å². The van der Waals surface area contributed by atoms with Gasteiger partial charge in [-0.15, -0.1) is 0 Å². The highest BCUT2D eigenvalue weighted by molar-refractivity contribution is 5.69. The molecule has 0 aliphatic carbocycles. The van der Waals surface area contributed by atoms with Gasteiger partial charge in [-0.05, 0) is 43.5 Å². The fourth-order valence-electron chi connectivity index (χ4n) is 1.67. The second-order valence-electron chi connectivity index (χ2n) is 4.27. The lowest BCUT2D eigenvalue weighted by Crippen LogP contribution is -2.19. The molecule has 1 aromatic rings. The Labute approximate surface area is 93.1 Å². The van der Waals surface area contributed by atoms with E-state index in [-0.39, 0.29) is 0 Å². The first-order valence-electron chi connectivity index (χ1n) is 5.64. The van der Waals surface area contributed by atoms with Crippen molar-refractivity contribution in [3.05, 3.63) is 23.3 Å². The molecule has 0 bridgehead atoms. The van der Waals surface area contributed by atoms with Crippen LogP contribution in [0.4, 0.5) is 11.4 Å². The number of hydrogen-bond donors (Lipinski definition) is 1. The van der Waals surface area contributed by atoms with Crippen LogP contribution in [0.5, 0.6) is 0 Å². The lowest BCUT2D eigenvalue weighted by atomic mass is 10.1. The first-order chi connectivity index (χ1) is 7.06. The van der Waals surface area contributed by atoms with Crippen LogP contribution in [-0.2, 0) is 0 Å². The van der Waals surface area contributed by atoms with Gasteiger partial charge in [0.15, 0.2) is 0 Å². The predicted octanol–water partition coefficient (Wildman–Crippen LogP) is 3.12. The summed E-state index contributed by atoms with van der Waals surface area (Å²) in [5.74, 6) is 0. The zero-order valence-corrected chi connectivity index (χ0v) is 10.3. The Morgan fingerprint density at radius 1 is 1.20 bits per heavy atom. The molecule has 0 spiro atoms. The van der Waals surface area contributed by atoms with Gasteiger partial charge in [-0.2, -0.15) is 0 Å². The minimum Gasteiger partial charge on any atom is -0.397 e. The molecule has 0 amide bonds. The van der Waals surface area contributed by atoms with Crippen molar-refractivity contribution in [3.63, 3.8) is 0 Å². The van der Waals surface area contributed by atoms with Crippen LogP contribution in [-0.4, -0.2) is 13.6 Å². The van der Waals surface area contributed by atoms with Crippen LogP contribution in [0.15, 0.2) is 12.1 Å². The van der Waals surface area contributed by atoms with Gasteiger partial charge in [-0.3, -0.25) is 0 Å². The van der Waals surface area contributed by atoms with Crippen molar-refractivity contribution < 1.29 is 0 Å². The number of rotatable bonds is 4. The van der Waals surface area contributed by atoms with Gasteiger partial charge in [0.2, 0.25) is 0 Å². The number of benzene rings is 1. The minimum atomic E-state index is 0.886. The molecule has 0 aliphatic heterocycles. The number of unbranched alkanes of at least 4 members (excludes halogenated alkanes) is 1. The van der Waals surface area contributed by atoms with Crippen molar-refractivity contribution in [2.75, 3.05) is 24.2 Å². The molecule has 15 heavy (non-hydrogen) atoms. The number of nitrogens with zero attached hydrogens (tertiary/aromatic N) is 1. The Morgan fingerprint density at radius 2 is 1.80 bits per heavy atom. The van der Waals surface area contributed by atoms with Crippen LogP contribution < -0.4 is 10.6 Å². The van der Waals surface area contributed by atoms with Gasteiger partial charge in [0.1, 0.15) is 0 Å². The van der Waals surface area contributed by atoms with Crippen molar-refractivity contribution in [1.82, 2.24) is 0 Å². The molecule has 0 aliphatic rings. The van der Waals surface area contributed by atoms with E-state index in [4.69, 9.17) is 5.73 Å². The number of nitrogens with two attached hydrogens (primary N) is 1. The standard InChI is InChI=1S/C13H22N2/c1-5-6-7-15(4)13-9-11(3)10(2)8-12(13)14/h8-9H,5-7,14H2,1-4H3. The van der Waals surface area contributed by atoms with Crippen molar-refractivity contribution in [1.29, 1.82) is 0 Å². The first kappa shape index (κ1) is 11.9. The Bertz CT molecular complexity index is 332. The van der Waals surface area contributed by atoms with E-state index in [1.807, 2.05) is 0 Å². The van der Waals surface area contributed by atoms with E-state index in [0.717, 1.165) is 17.9 Å². The van der Waals surface area contributed by atoms with Gasteiger partial charge < -0.3 is 10.6 Å². The second-order valence-corrected chi connectivity index (χ2v) is 4.27. The molecule has 0 unspecified atom stereocenters. The third-order valence-electron chi connectivity index (χ3n) is 2.90.